The molecule has 0 saturated heterocycles. The van der Waals surface area contributed by atoms with Crippen molar-refractivity contribution < 1.29 is 4.74 Å². The van der Waals surface area contributed by atoms with Gasteiger partial charge in [-0.15, -0.1) is 0 Å². The summed E-state index contributed by atoms with van der Waals surface area (Å²) in [7, 11) is 1.63. The van der Waals surface area contributed by atoms with Gasteiger partial charge in [0.1, 0.15) is 12.1 Å². The summed E-state index contributed by atoms with van der Waals surface area (Å²) in [4.78, 5) is 8.29. The second-order valence-corrected chi connectivity index (χ2v) is 4.29. The Kier molecular flexibility index (Phi) is 3.96. The van der Waals surface area contributed by atoms with Gasteiger partial charge in [0.05, 0.1) is 12.7 Å². The van der Waals surface area contributed by atoms with Crippen LogP contribution in [0.1, 0.15) is 31.2 Å². The largest absolute Gasteiger partial charge is 0.481 e. The van der Waals surface area contributed by atoms with Crippen LogP contribution in [0, 0.1) is 6.92 Å². The van der Waals surface area contributed by atoms with Crippen LogP contribution in [0.5, 0.6) is 5.88 Å². The summed E-state index contributed by atoms with van der Waals surface area (Å²) in [5.74, 6) is 1.51. The van der Waals surface area contributed by atoms with Crippen LogP contribution in [-0.4, -0.2) is 23.6 Å². The standard InChI is InChI=1S/C13H19N3O/c1-10-12(15-9-16-13(10)17-2)14-8-7-11-5-3-4-6-11/h5,9H,3-4,6-8H2,1-2H3,(H,14,15,16). The fraction of sp³-hybridized carbons (Fsp3) is 0.538. The minimum atomic E-state index is 0.641. The zero-order valence-electron chi connectivity index (χ0n) is 10.5. The van der Waals surface area contributed by atoms with Crippen LogP contribution < -0.4 is 10.1 Å². The first kappa shape index (κ1) is 11.9. The van der Waals surface area contributed by atoms with E-state index in [1.165, 1.54) is 25.6 Å². The Hall–Kier alpha value is -1.58. The lowest BCUT2D eigenvalue weighted by Gasteiger charge is -2.10. The van der Waals surface area contributed by atoms with E-state index in [-0.39, 0.29) is 0 Å². The monoisotopic (exact) mass is 233 g/mol. The molecule has 4 nitrogen and oxygen atoms in total. The average Bonchev–Trinajstić information content (AvgIpc) is 2.84. The van der Waals surface area contributed by atoms with Crippen molar-refractivity contribution in [3.63, 3.8) is 0 Å². The van der Waals surface area contributed by atoms with E-state index >= 15 is 0 Å². The van der Waals surface area contributed by atoms with Gasteiger partial charge in [-0.05, 0) is 32.6 Å². The molecule has 0 amide bonds. The quantitative estimate of drug-likeness (QED) is 0.794. The van der Waals surface area contributed by atoms with Gasteiger partial charge in [-0.25, -0.2) is 9.97 Å². The Labute approximate surface area is 102 Å². The van der Waals surface area contributed by atoms with E-state index in [0.29, 0.717) is 5.88 Å². The highest BCUT2D eigenvalue weighted by molar-refractivity contribution is 5.47. The van der Waals surface area contributed by atoms with Crippen molar-refractivity contribution in [3.8, 4) is 5.88 Å². The van der Waals surface area contributed by atoms with E-state index < -0.39 is 0 Å². The maximum atomic E-state index is 5.16. The molecule has 1 aromatic heterocycles. The molecule has 17 heavy (non-hydrogen) atoms. The number of anilines is 1. The number of aromatic nitrogens is 2. The molecule has 92 valence electrons. The van der Waals surface area contributed by atoms with Crippen LogP contribution in [0.15, 0.2) is 18.0 Å². The molecule has 1 N–H and O–H groups in total. The zero-order valence-corrected chi connectivity index (χ0v) is 10.5. The molecule has 1 aromatic rings. The summed E-state index contributed by atoms with van der Waals surface area (Å²) >= 11 is 0. The van der Waals surface area contributed by atoms with Gasteiger partial charge in [0.25, 0.3) is 0 Å². The molecule has 2 rings (SSSR count). The van der Waals surface area contributed by atoms with E-state index in [0.717, 1.165) is 24.3 Å². The first-order chi connectivity index (χ1) is 8.31. The minimum Gasteiger partial charge on any atom is -0.481 e. The van der Waals surface area contributed by atoms with E-state index in [1.807, 2.05) is 6.92 Å². The van der Waals surface area contributed by atoms with E-state index in [2.05, 4.69) is 21.4 Å². The Morgan fingerprint density at radius 2 is 2.29 bits per heavy atom. The average molecular weight is 233 g/mol. The fourth-order valence-corrected chi connectivity index (χ4v) is 2.12. The third-order valence-electron chi connectivity index (χ3n) is 3.10. The molecule has 1 aliphatic rings. The summed E-state index contributed by atoms with van der Waals surface area (Å²) in [5.41, 5.74) is 2.53. The van der Waals surface area contributed by atoms with Gasteiger partial charge in [0, 0.05) is 6.54 Å². The van der Waals surface area contributed by atoms with Gasteiger partial charge in [0.2, 0.25) is 5.88 Å². The first-order valence-electron chi connectivity index (χ1n) is 6.08. The molecule has 0 unspecified atom stereocenters. The van der Waals surface area contributed by atoms with E-state index in [4.69, 9.17) is 4.74 Å². The number of allylic oxidation sites excluding steroid dienone is 1. The highest BCUT2D eigenvalue weighted by Gasteiger charge is 2.07. The van der Waals surface area contributed by atoms with Crippen LogP contribution in [0.2, 0.25) is 0 Å². The molecule has 0 aromatic carbocycles. The number of ether oxygens (including phenoxy) is 1. The number of methoxy groups -OCH3 is 1. The summed E-state index contributed by atoms with van der Waals surface area (Å²) in [5, 5.41) is 3.34. The molecule has 0 fully saturated rings. The van der Waals surface area contributed by atoms with Gasteiger partial charge >= 0.3 is 0 Å². The summed E-state index contributed by atoms with van der Waals surface area (Å²) in [6, 6.07) is 0. The number of hydrogen-bond acceptors (Lipinski definition) is 4. The smallest absolute Gasteiger partial charge is 0.221 e. The molecule has 0 spiro atoms. The lowest BCUT2D eigenvalue weighted by Crippen LogP contribution is -2.07. The predicted octanol–water partition coefficient (Wildman–Crippen LogP) is 2.71. The predicted molar refractivity (Wildman–Crippen MR) is 68.4 cm³/mol. The summed E-state index contributed by atoms with van der Waals surface area (Å²) < 4.78 is 5.16. The molecular weight excluding hydrogens is 214 g/mol. The highest BCUT2D eigenvalue weighted by atomic mass is 16.5. The van der Waals surface area contributed by atoms with Crippen LogP contribution >= 0.6 is 0 Å². The molecule has 0 aliphatic heterocycles. The summed E-state index contributed by atoms with van der Waals surface area (Å²) in [6.45, 7) is 2.89. The second-order valence-electron chi connectivity index (χ2n) is 4.29. The maximum absolute atomic E-state index is 5.16. The topological polar surface area (TPSA) is 47.0 Å². The van der Waals surface area contributed by atoms with Gasteiger partial charge < -0.3 is 10.1 Å². The van der Waals surface area contributed by atoms with Crippen molar-refractivity contribution in [2.24, 2.45) is 0 Å². The van der Waals surface area contributed by atoms with Crippen LogP contribution in [0.25, 0.3) is 0 Å². The lowest BCUT2D eigenvalue weighted by atomic mass is 10.1. The SMILES string of the molecule is COc1ncnc(NCCC2=CCCC2)c1C. The molecule has 0 radical (unpaired) electrons. The molecular formula is C13H19N3O. The van der Waals surface area contributed by atoms with Crippen molar-refractivity contribution in [1.29, 1.82) is 0 Å². The second kappa shape index (κ2) is 5.66. The van der Waals surface area contributed by atoms with Crippen LogP contribution in [0.3, 0.4) is 0 Å². The van der Waals surface area contributed by atoms with Gasteiger partial charge in [-0.1, -0.05) is 11.6 Å². The van der Waals surface area contributed by atoms with Crippen molar-refractivity contribution in [2.75, 3.05) is 19.0 Å². The van der Waals surface area contributed by atoms with Crippen LogP contribution in [0.4, 0.5) is 5.82 Å². The molecule has 1 heterocycles. The molecule has 0 bridgehead atoms. The Bertz CT molecular complexity index is 415. The number of rotatable bonds is 5. The van der Waals surface area contributed by atoms with E-state index in [9.17, 15) is 0 Å². The molecule has 0 atom stereocenters. The first-order valence-corrected chi connectivity index (χ1v) is 6.08. The molecule has 1 aliphatic carbocycles. The summed E-state index contributed by atoms with van der Waals surface area (Å²) in [6.07, 6.45) is 8.81. The van der Waals surface area contributed by atoms with Crippen molar-refractivity contribution >= 4 is 5.82 Å². The zero-order chi connectivity index (χ0) is 12.1. The normalized spacial score (nSPS) is 14.6. The number of nitrogens with one attached hydrogen (secondary N) is 1. The number of nitrogens with zero attached hydrogens (tertiary/aromatic N) is 2. The highest BCUT2D eigenvalue weighted by Crippen LogP contribution is 2.22. The Balaban J connectivity index is 1.90. The minimum absolute atomic E-state index is 0.641. The molecule has 0 saturated carbocycles. The lowest BCUT2D eigenvalue weighted by molar-refractivity contribution is 0.393. The van der Waals surface area contributed by atoms with Crippen molar-refractivity contribution in [1.82, 2.24) is 9.97 Å². The van der Waals surface area contributed by atoms with E-state index in [1.54, 1.807) is 12.7 Å². The number of hydrogen-bond donors (Lipinski definition) is 1. The molecule has 4 heteroatoms. The van der Waals surface area contributed by atoms with Crippen molar-refractivity contribution in [2.45, 2.75) is 32.6 Å². The van der Waals surface area contributed by atoms with Gasteiger partial charge in [0.15, 0.2) is 0 Å². The fourth-order valence-electron chi connectivity index (χ4n) is 2.12. The maximum Gasteiger partial charge on any atom is 0.221 e. The Morgan fingerprint density at radius 3 is 3.00 bits per heavy atom. The van der Waals surface area contributed by atoms with Gasteiger partial charge in [-0.2, -0.15) is 0 Å². The van der Waals surface area contributed by atoms with Crippen molar-refractivity contribution in [3.05, 3.63) is 23.5 Å². The third-order valence-corrected chi connectivity index (χ3v) is 3.10. The Morgan fingerprint density at radius 1 is 1.41 bits per heavy atom. The van der Waals surface area contributed by atoms with Crippen LogP contribution in [-0.2, 0) is 0 Å². The van der Waals surface area contributed by atoms with Gasteiger partial charge in [-0.3, -0.25) is 0 Å². The third kappa shape index (κ3) is 2.96.